The van der Waals surface area contributed by atoms with E-state index in [1.165, 1.54) is 32.0 Å². The number of pyridine rings is 1. The third-order valence-electron chi connectivity index (χ3n) is 4.21. The number of Topliss-reactive ketones (excluding diaryl/α,β-unsaturated/α-hetero) is 1. The van der Waals surface area contributed by atoms with E-state index in [1.807, 2.05) is 13.8 Å². The summed E-state index contributed by atoms with van der Waals surface area (Å²) in [6, 6.07) is 7.13. The van der Waals surface area contributed by atoms with Gasteiger partial charge in [-0.25, -0.2) is 13.2 Å². The number of rotatable bonds is 6. The van der Waals surface area contributed by atoms with E-state index >= 15 is 0 Å². The number of alkyl halides is 2. The summed E-state index contributed by atoms with van der Waals surface area (Å²) in [5.74, 6) is -4.43. The van der Waals surface area contributed by atoms with Crippen LogP contribution in [-0.2, 0) is 12.3 Å². The molecule has 0 amide bonds. The number of nitrogens with zero attached hydrogens (tertiary/aromatic N) is 1. The molecule has 2 nitrogen and oxygen atoms in total. The summed E-state index contributed by atoms with van der Waals surface area (Å²) in [7, 11) is 0. The fourth-order valence-corrected chi connectivity index (χ4v) is 2.51. The van der Waals surface area contributed by atoms with Gasteiger partial charge in [0, 0.05) is 24.1 Å². The molecule has 0 bridgehead atoms. The van der Waals surface area contributed by atoms with Crippen LogP contribution in [0, 0.1) is 11.7 Å². The third kappa shape index (κ3) is 4.27. The molecule has 2 rings (SSSR count). The van der Waals surface area contributed by atoms with Crippen molar-refractivity contribution in [1.82, 2.24) is 4.98 Å². The Morgan fingerprint density at radius 1 is 1.12 bits per heavy atom. The van der Waals surface area contributed by atoms with Gasteiger partial charge in [0.15, 0.2) is 5.78 Å². The van der Waals surface area contributed by atoms with Crippen molar-refractivity contribution in [3.8, 4) is 0 Å². The van der Waals surface area contributed by atoms with Gasteiger partial charge < -0.3 is 0 Å². The van der Waals surface area contributed by atoms with Crippen LogP contribution in [0.2, 0.25) is 0 Å². The van der Waals surface area contributed by atoms with Crippen molar-refractivity contribution in [2.75, 3.05) is 0 Å². The van der Waals surface area contributed by atoms with Crippen molar-refractivity contribution in [3.63, 3.8) is 0 Å². The van der Waals surface area contributed by atoms with Crippen LogP contribution in [0.3, 0.4) is 0 Å². The number of carbonyl (C=O) groups is 1. The minimum Gasteiger partial charge on any atom is -0.292 e. The van der Waals surface area contributed by atoms with E-state index in [0.29, 0.717) is 11.1 Å². The molecule has 0 aliphatic rings. The molecule has 0 aliphatic carbocycles. The number of hydrogen-bond donors (Lipinski definition) is 0. The van der Waals surface area contributed by atoms with Crippen LogP contribution in [0.4, 0.5) is 13.2 Å². The summed E-state index contributed by atoms with van der Waals surface area (Å²) in [6.45, 7) is 6.61. The highest BCUT2D eigenvalue weighted by atomic mass is 19.3. The van der Waals surface area contributed by atoms with Gasteiger partial charge in [0.05, 0.1) is 0 Å². The molecule has 2 aromatic rings. The standard InChI is InChI=1S/C20H22F3NO/c1-12(2)16-9-14(5-7-17(16)21)10-19(25)18-8-6-15(11-24-18)20(22,23)13(3)4/h5-9,11-13H,10H2,1-4H3. The quantitative estimate of drug-likeness (QED) is 0.643. The largest absolute Gasteiger partial charge is 0.292 e. The lowest BCUT2D eigenvalue weighted by atomic mass is 9.96. The summed E-state index contributed by atoms with van der Waals surface area (Å²) in [4.78, 5) is 16.2. The molecule has 0 saturated carbocycles. The lowest BCUT2D eigenvalue weighted by molar-refractivity contribution is -0.0516. The Morgan fingerprint density at radius 3 is 2.32 bits per heavy atom. The fraction of sp³-hybridized carbons (Fsp3) is 0.400. The van der Waals surface area contributed by atoms with Crippen LogP contribution in [-0.4, -0.2) is 10.8 Å². The van der Waals surface area contributed by atoms with Crippen molar-refractivity contribution < 1.29 is 18.0 Å². The van der Waals surface area contributed by atoms with E-state index in [0.717, 1.165) is 6.20 Å². The van der Waals surface area contributed by atoms with E-state index in [4.69, 9.17) is 0 Å². The summed E-state index contributed by atoms with van der Waals surface area (Å²) in [5.41, 5.74) is 1.14. The second-order valence-corrected chi connectivity index (χ2v) is 6.82. The Kier molecular flexibility index (Phi) is 5.65. The predicted molar refractivity (Wildman–Crippen MR) is 91.5 cm³/mol. The van der Waals surface area contributed by atoms with Gasteiger partial charge in [0.2, 0.25) is 0 Å². The maximum absolute atomic E-state index is 14.0. The number of aromatic nitrogens is 1. The predicted octanol–water partition coefficient (Wildman–Crippen LogP) is 5.52. The zero-order chi connectivity index (χ0) is 18.8. The Labute approximate surface area is 146 Å². The third-order valence-corrected chi connectivity index (χ3v) is 4.21. The molecular weight excluding hydrogens is 327 g/mol. The van der Waals surface area contributed by atoms with Crippen LogP contribution in [0.25, 0.3) is 0 Å². The number of carbonyl (C=O) groups excluding carboxylic acids is 1. The van der Waals surface area contributed by atoms with E-state index in [2.05, 4.69) is 4.98 Å². The molecule has 0 unspecified atom stereocenters. The van der Waals surface area contributed by atoms with Crippen molar-refractivity contribution in [1.29, 1.82) is 0 Å². The average Bonchev–Trinajstić information content (AvgIpc) is 2.56. The molecule has 25 heavy (non-hydrogen) atoms. The van der Waals surface area contributed by atoms with Crippen LogP contribution < -0.4 is 0 Å². The second-order valence-electron chi connectivity index (χ2n) is 6.82. The highest BCUT2D eigenvalue weighted by Crippen LogP contribution is 2.35. The molecule has 0 saturated heterocycles. The Morgan fingerprint density at radius 2 is 1.80 bits per heavy atom. The first-order valence-corrected chi connectivity index (χ1v) is 8.28. The molecule has 0 fully saturated rings. The minimum atomic E-state index is -2.99. The summed E-state index contributed by atoms with van der Waals surface area (Å²) in [5, 5.41) is 0. The van der Waals surface area contributed by atoms with Gasteiger partial charge in [-0.05, 0) is 35.2 Å². The van der Waals surface area contributed by atoms with Crippen LogP contribution in [0.1, 0.15) is 60.8 Å². The van der Waals surface area contributed by atoms with E-state index < -0.39 is 11.8 Å². The Hall–Kier alpha value is -2.17. The van der Waals surface area contributed by atoms with E-state index in [-0.39, 0.29) is 35.2 Å². The molecule has 134 valence electrons. The maximum atomic E-state index is 14.0. The lowest BCUT2D eigenvalue weighted by Crippen LogP contribution is -2.21. The molecular formula is C20H22F3NO. The maximum Gasteiger partial charge on any atom is 0.276 e. The Bertz CT molecular complexity index is 752. The second kappa shape index (κ2) is 7.38. The van der Waals surface area contributed by atoms with Crippen molar-refractivity contribution in [2.24, 2.45) is 5.92 Å². The van der Waals surface area contributed by atoms with Crippen molar-refractivity contribution in [3.05, 3.63) is 64.7 Å². The smallest absolute Gasteiger partial charge is 0.276 e. The number of halogens is 3. The zero-order valence-electron chi connectivity index (χ0n) is 14.8. The van der Waals surface area contributed by atoms with E-state index in [1.54, 1.807) is 12.1 Å². The molecule has 0 spiro atoms. The van der Waals surface area contributed by atoms with Gasteiger partial charge in [0.1, 0.15) is 11.5 Å². The van der Waals surface area contributed by atoms with Gasteiger partial charge in [0.25, 0.3) is 5.92 Å². The minimum absolute atomic E-state index is 0.00530. The normalized spacial score (nSPS) is 12.0. The number of hydrogen-bond acceptors (Lipinski definition) is 2. The summed E-state index contributed by atoms with van der Waals surface area (Å²) in [6.07, 6.45) is 1.10. The van der Waals surface area contributed by atoms with Gasteiger partial charge in [-0.1, -0.05) is 39.8 Å². The highest BCUT2D eigenvalue weighted by molar-refractivity contribution is 5.95. The summed E-state index contributed by atoms with van der Waals surface area (Å²) >= 11 is 0. The molecule has 0 N–H and O–H groups in total. The van der Waals surface area contributed by atoms with E-state index in [9.17, 15) is 18.0 Å². The van der Waals surface area contributed by atoms with Gasteiger partial charge in [-0.2, -0.15) is 0 Å². The monoisotopic (exact) mass is 349 g/mol. The highest BCUT2D eigenvalue weighted by Gasteiger charge is 2.35. The molecule has 1 heterocycles. The zero-order valence-corrected chi connectivity index (χ0v) is 14.8. The van der Waals surface area contributed by atoms with Gasteiger partial charge in [-0.3, -0.25) is 9.78 Å². The van der Waals surface area contributed by atoms with Gasteiger partial charge >= 0.3 is 0 Å². The summed E-state index contributed by atoms with van der Waals surface area (Å²) < 4.78 is 41.6. The molecule has 0 radical (unpaired) electrons. The van der Waals surface area contributed by atoms with Gasteiger partial charge in [-0.15, -0.1) is 0 Å². The van der Waals surface area contributed by atoms with Crippen LogP contribution in [0.5, 0.6) is 0 Å². The molecule has 1 aromatic carbocycles. The molecule has 5 heteroatoms. The molecule has 0 aliphatic heterocycles. The van der Waals surface area contributed by atoms with Crippen LogP contribution in [0.15, 0.2) is 36.5 Å². The topological polar surface area (TPSA) is 30.0 Å². The first-order chi connectivity index (χ1) is 11.6. The Balaban J connectivity index is 2.18. The van der Waals surface area contributed by atoms with Crippen molar-refractivity contribution in [2.45, 2.75) is 46.0 Å². The lowest BCUT2D eigenvalue weighted by Gasteiger charge is -2.20. The average molecular weight is 349 g/mol. The fourth-order valence-electron chi connectivity index (χ4n) is 2.51. The first-order valence-electron chi connectivity index (χ1n) is 8.28. The van der Waals surface area contributed by atoms with Crippen LogP contribution >= 0.6 is 0 Å². The number of benzene rings is 1. The molecule has 1 aromatic heterocycles. The number of ketones is 1. The molecule has 0 atom stereocenters. The SMILES string of the molecule is CC(C)c1cc(CC(=O)c2ccc(C(F)(F)C(C)C)cn2)ccc1F. The first kappa shape index (κ1) is 19.2. The van der Waals surface area contributed by atoms with Crippen molar-refractivity contribution >= 4 is 5.78 Å².